The summed E-state index contributed by atoms with van der Waals surface area (Å²) in [6.45, 7) is 2.84. The SMILES string of the molecule is CCCOc1ccc(C(NC)c2ccc(Br)cc2Cl)cc1. The molecule has 21 heavy (non-hydrogen) atoms. The van der Waals surface area contributed by atoms with Crippen molar-refractivity contribution >= 4 is 27.5 Å². The Labute approximate surface area is 139 Å². The largest absolute Gasteiger partial charge is 0.494 e. The Morgan fingerprint density at radius 2 is 1.90 bits per heavy atom. The number of ether oxygens (including phenoxy) is 1. The minimum atomic E-state index is 0.0609. The fourth-order valence-electron chi connectivity index (χ4n) is 2.21. The van der Waals surface area contributed by atoms with Crippen LogP contribution in [0.25, 0.3) is 0 Å². The molecule has 2 rings (SSSR count). The van der Waals surface area contributed by atoms with E-state index in [1.54, 1.807) is 0 Å². The lowest BCUT2D eigenvalue weighted by Gasteiger charge is -2.19. The number of hydrogen-bond donors (Lipinski definition) is 1. The second kappa shape index (κ2) is 7.83. The summed E-state index contributed by atoms with van der Waals surface area (Å²) in [7, 11) is 1.94. The lowest BCUT2D eigenvalue weighted by atomic mass is 9.99. The third kappa shape index (κ3) is 4.22. The van der Waals surface area contributed by atoms with Gasteiger partial charge >= 0.3 is 0 Å². The molecule has 0 radical (unpaired) electrons. The first kappa shape index (κ1) is 16.3. The Kier molecular flexibility index (Phi) is 6.09. The van der Waals surface area contributed by atoms with Gasteiger partial charge in [-0.1, -0.05) is 52.7 Å². The maximum absolute atomic E-state index is 6.36. The van der Waals surface area contributed by atoms with Gasteiger partial charge in [0.05, 0.1) is 12.6 Å². The molecule has 0 amide bonds. The van der Waals surface area contributed by atoms with Crippen molar-refractivity contribution in [1.29, 1.82) is 0 Å². The fraction of sp³-hybridized carbons (Fsp3) is 0.294. The highest BCUT2D eigenvalue weighted by Crippen LogP contribution is 2.31. The zero-order valence-electron chi connectivity index (χ0n) is 12.2. The summed E-state index contributed by atoms with van der Waals surface area (Å²) in [5.74, 6) is 0.900. The number of halogens is 2. The maximum atomic E-state index is 6.36. The highest BCUT2D eigenvalue weighted by Gasteiger charge is 2.15. The van der Waals surface area contributed by atoms with E-state index in [2.05, 4.69) is 40.3 Å². The molecular formula is C17H19BrClNO. The van der Waals surface area contributed by atoms with Gasteiger partial charge in [-0.25, -0.2) is 0 Å². The maximum Gasteiger partial charge on any atom is 0.119 e. The molecule has 4 heteroatoms. The Balaban J connectivity index is 2.24. The first-order valence-corrected chi connectivity index (χ1v) is 8.17. The van der Waals surface area contributed by atoms with Crippen LogP contribution in [0.1, 0.15) is 30.5 Å². The number of rotatable bonds is 6. The van der Waals surface area contributed by atoms with Crippen LogP contribution in [-0.4, -0.2) is 13.7 Å². The molecule has 2 aromatic rings. The number of nitrogens with one attached hydrogen (secondary N) is 1. The molecule has 0 saturated heterocycles. The standard InChI is InChI=1S/C17H19BrClNO/c1-3-10-21-14-7-4-12(5-8-14)17(20-2)15-9-6-13(18)11-16(15)19/h4-9,11,17,20H,3,10H2,1-2H3. The average Bonchev–Trinajstić information content (AvgIpc) is 2.49. The van der Waals surface area contributed by atoms with Crippen molar-refractivity contribution in [3.8, 4) is 5.75 Å². The van der Waals surface area contributed by atoms with Gasteiger partial charge in [-0.2, -0.15) is 0 Å². The summed E-state index contributed by atoms with van der Waals surface area (Å²) in [5, 5.41) is 4.06. The minimum Gasteiger partial charge on any atom is -0.494 e. The molecule has 112 valence electrons. The van der Waals surface area contributed by atoms with Gasteiger partial charge in [0.1, 0.15) is 5.75 Å². The molecule has 0 aliphatic rings. The van der Waals surface area contributed by atoms with Crippen LogP contribution in [0.4, 0.5) is 0 Å². The highest BCUT2D eigenvalue weighted by atomic mass is 79.9. The van der Waals surface area contributed by atoms with Gasteiger partial charge in [-0.05, 0) is 48.9 Å². The van der Waals surface area contributed by atoms with Gasteiger partial charge in [0.15, 0.2) is 0 Å². The summed E-state index contributed by atoms with van der Waals surface area (Å²) in [6, 6.07) is 14.2. The van der Waals surface area contributed by atoms with Crippen LogP contribution in [0.5, 0.6) is 5.75 Å². The van der Waals surface area contributed by atoms with Crippen molar-refractivity contribution in [2.45, 2.75) is 19.4 Å². The second-order valence-corrected chi connectivity index (χ2v) is 6.13. The Hall–Kier alpha value is -1.03. The van der Waals surface area contributed by atoms with Gasteiger partial charge in [0, 0.05) is 9.50 Å². The molecule has 0 aliphatic carbocycles. The zero-order chi connectivity index (χ0) is 15.2. The molecule has 0 fully saturated rings. The summed E-state index contributed by atoms with van der Waals surface area (Å²) in [5.41, 5.74) is 2.22. The Morgan fingerprint density at radius 3 is 2.48 bits per heavy atom. The summed E-state index contributed by atoms with van der Waals surface area (Å²) >= 11 is 9.79. The molecule has 2 nitrogen and oxygen atoms in total. The van der Waals surface area contributed by atoms with E-state index in [1.807, 2.05) is 37.4 Å². The molecule has 0 saturated carbocycles. The third-order valence-corrected chi connectivity index (χ3v) is 4.07. The first-order chi connectivity index (χ1) is 10.2. The van der Waals surface area contributed by atoms with E-state index in [1.165, 1.54) is 0 Å². The minimum absolute atomic E-state index is 0.0609. The Bertz CT molecular complexity index is 586. The molecule has 0 heterocycles. The Morgan fingerprint density at radius 1 is 1.19 bits per heavy atom. The van der Waals surface area contributed by atoms with Gasteiger partial charge in [-0.15, -0.1) is 0 Å². The van der Waals surface area contributed by atoms with E-state index in [-0.39, 0.29) is 6.04 Å². The van der Waals surface area contributed by atoms with Crippen molar-refractivity contribution in [3.63, 3.8) is 0 Å². The van der Waals surface area contributed by atoms with Crippen LogP contribution in [-0.2, 0) is 0 Å². The van der Waals surface area contributed by atoms with Gasteiger partial charge < -0.3 is 10.1 Å². The van der Waals surface area contributed by atoms with Crippen molar-refractivity contribution in [2.24, 2.45) is 0 Å². The molecule has 1 unspecified atom stereocenters. The fourth-order valence-corrected chi connectivity index (χ4v) is 3.00. The van der Waals surface area contributed by atoms with Gasteiger partial charge in [-0.3, -0.25) is 0 Å². The van der Waals surface area contributed by atoms with E-state index >= 15 is 0 Å². The van der Waals surface area contributed by atoms with E-state index in [9.17, 15) is 0 Å². The summed E-state index contributed by atoms with van der Waals surface area (Å²) in [4.78, 5) is 0. The monoisotopic (exact) mass is 367 g/mol. The highest BCUT2D eigenvalue weighted by molar-refractivity contribution is 9.10. The smallest absolute Gasteiger partial charge is 0.119 e. The van der Waals surface area contributed by atoms with E-state index in [4.69, 9.17) is 16.3 Å². The zero-order valence-corrected chi connectivity index (χ0v) is 14.5. The van der Waals surface area contributed by atoms with Gasteiger partial charge in [0.2, 0.25) is 0 Å². The molecule has 0 aliphatic heterocycles. The van der Waals surface area contributed by atoms with Crippen LogP contribution >= 0.6 is 27.5 Å². The quantitative estimate of drug-likeness (QED) is 0.756. The van der Waals surface area contributed by atoms with E-state index in [0.29, 0.717) is 0 Å². The molecule has 0 bridgehead atoms. The summed E-state index contributed by atoms with van der Waals surface area (Å²) < 4.78 is 6.60. The molecule has 2 aromatic carbocycles. The van der Waals surface area contributed by atoms with Crippen LogP contribution < -0.4 is 10.1 Å². The van der Waals surface area contributed by atoms with Crippen LogP contribution in [0, 0.1) is 0 Å². The predicted octanol–water partition coefficient (Wildman–Crippen LogP) is 5.20. The topological polar surface area (TPSA) is 21.3 Å². The molecule has 1 atom stereocenters. The van der Waals surface area contributed by atoms with Crippen LogP contribution in [0.2, 0.25) is 5.02 Å². The number of benzene rings is 2. The van der Waals surface area contributed by atoms with Crippen LogP contribution in [0.15, 0.2) is 46.9 Å². The average molecular weight is 369 g/mol. The van der Waals surface area contributed by atoms with Crippen molar-refractivity contribution in [3.05, 3.63) is 63.1 Å². The molecule has 0 spiro atoms. The molecule has 1 N–H and O–H groups in total. The summed E-state index contributed by atoms with van der Waals surface area (Å²) in [6.07, 6.45) is 1.01. The second-order valence-electron chi connectivity index (χ2n) is 4.81. The normalized spacial score (nSPS) is 12.2. The molecule has 0 aromatic heterocycles. The van der Waals surface area contributed by atoms with E-state index in [0.717, 1.165) is 39.4 Å². The van der Waals surface area contributed by atoms with Crippen molar-refractivity contribution < 1.29 is 4.74 Å². The lowest BCUT2D eigenvalue weighted by molar-refractivity contribution is 0.317. The third-order valence-electron chi connectivity index (χ3n) is 3.25. The van der Waals surface area contributed by atoms with Crippen molar-refractivity contribution in [2.75, 3.05) is 13.7 Å². The lowest BCUT2D eigenvalue weighted by Crippen LogP contribution is -2.18. The van der Waals surface area contributed by atoms with Crippen molar-refractivity contribution in [1.82, 2.24) is 5.32 Å². The first-order valence-electron chi connectivity index (χ1n) is 7.00. The van der Waals surface area contributed by atoms with E-state index < -0.39 is 0 Å². The molecular weight excluding hydrogens is 350 g/mol. The number of hydrogen-bond acceptors (Lipinski definition) is 2. The van der Waals surface area contributed by atoms with Gasteiger partial charge in [0.25, 0.3) is 0 Å². The van der Waals surface area contributed by atoms with Crippen LogP contribution in [0.3, 0.4) is 0 Å². The predicted molar refractivity (Wildman–Crippen MR) is 92.3 cm³/mol.